The molecule has 0 aromatic carbocycles. The average molecular weight is 320 g/mol. The van der Waals surface area contributed by atoms with Gasteiger partial charge < -0.3 is 10.2 Å². The van der Waals surface area contributed by atoms with Crippen molar-refractivity contribution in [2.75, 3.05) is 52.1 Å². The molecule has 126 valence electrons. The van der Waals surface area contributed by atoms with E-state index in [1.807, 2.05) is 0 Å². The monoisotopic (exact) mass is 319 g/mol. The van der Waals surface area contributed by atoms with Gasteiger partial charge in [0, 0.05) is 39.3 Å². The number of rotatable bonds is 9. The Labute approximate surface area is 131 Å². The fourth-order valence-electron chi connectivity index (χ4n) is 3.00. The summed E-state index contributed by atoms with van der Waals surface area (Å²) in [7, 11) is -3.03. The Morgan fingerprint density at radius 2 is 1.62 bits per heavy atom. The average Bonchev–Trinajstić information content (AvgIpc) is 2.46. The zero-order chi connectivity index (χ0) is 15.9. The quantitative estimate of drug-likeness (QED) is 0.652. The normalized spacial score (nSPS) is 19.0. The molecular formula is C15H33N3O2S. The molecule has 1 rings (SSSR count). The van der Waals surface area contributed by atoms with Crippen LogP contribution in [0.3, 0.4) is 0 Å². The minimum Gasteiger partial charge on any atom is -0.316 e. The van der Waals surface area contributed by atoms with Crippen LogP contribution in [0.25, 0.3) is 0 Å². The second kappa shape index (κ2) is 8.46. The maximum atomic E-state index is 11.6. The summed E-state index contributed by atoms with van der Waals surface area (Å²) in [6, 6.07) is 0. The zero-order valence-electron chi connectivity index (χ0n) is 14.2. The van der Waals surface area contributed by atoms with Gasteiger partial charge in [0.15, 0.2) is 0 Å². The van der Waals surface area contributed by atoms with Gasteiger partial charge in [0.1, 0.15) is 0 Å². The second-order valence-electron chi connectivity index (χ2n) is 6.32. The molecule has 5 nitrogen and oxygen atoms in total. The van der Waals surface area contributed by atoms with Crippen LogP contribution in [0.2, 0.25) is 0 Å². The highest BCUT2D eigenvalue weighted by Gasteiger charge is 2.31. The molecule has 0 atom stereocenters. The van der Waals surface area contributed by atoms with Crippen molar-refractivity contribution in [1.29, 1.82) is 0 Å². The first-order valence-corrected chi connectivity index (χ1v) is 10.1. The summed E-state index contributed by atoms with van der Waals surface area (Å²) in [5.74, 6) is 0. The Hall–Kier alpha value is -0.170. The van der Waals surface area contributed by atoms with Gasteiger partial charge in [0.2, 0.25) is 10.0 Å². The first-order chi connectivity index (χ1) is 9.87. The van der Waals surface area contributed by atoms with Crippen LogP contribution in [0.1, 0.15) is 40.0 Å². The van der Waals surface area contributed by atoms with E-state index in [0.717, 1.165) is 52.0 Å². The molecule has 0 radical (unpaired) electrons. The molecule has 21 heavy (non-hydrogen) atoms. The third-order valence-corrected chi connectivity index (χ3v) is 6.09. The van der Waals surface area contributed by atoms with Crippen LogP contribution in [-0.2, 0) is 10.0 Å². The van der Waals surface area contributed by atoms with Crippen molar-refractivity contribution in [2.24, 2.45) is 5.41 Å². The molecule has 1 fully saturated rings. The number of hydrogen-bond donors (Lipinski definition) is 1. The Morgan fingerprint density at radius 1 is 1.05 bits per heavy atom. The highest BCUT2D eigenvalue weighted by molar-refractivity contribution is 7.88. The highest BCUT2D eigenvalue weighted by atomic mass is 32.2. The van der Waals surface area contributed by atoms with Gasteiger partial charge in [0.25, 0.3) is 0 Å². The Bertz CT molecular complexity index is 386. The van der Waals surface area contributed by atoms with E-state index in [0.29, 0.717) is 18.5 Å². The van der Waals surface area contributed by atoms with Crippen molar-refractivity contribution in [3.63, 3.8) is 0 Å². The lowest BCUT2D eigenvalue weighted by molar-refractivity contribution is 0.104. The predicted molar refractivity (Wildman–Crippen MR) is 89.0 cm³/mol. The molecule has 1 N–H and O–H groups in total. The fraction of sp³-hybridized carbons (Fsp3) is 1.00. The molecule has 0 bridgehead atoms. The molecule has 0 aromatic rings. The van der Waals surface area contributed by atoms with Gasteiger partial charge in [-0.3, -0.25) is 0 Å². The fourth-order valence-corrected chi connectivity index (χ4v) is 3.83. The van der Waals surface area contributed by atoms with Crippen LogP contribution in [-0.4, -0.2) is 69.7 Å². The third kappa shape index (κ3) is 5.85. The van der Waals surface area contributed by atoms with Gasteiger partial charge >= 0.3 is 0 Å². The van der Waals surface area contributed by atoms with E-state index in [4.69, 9.17) is 0 Å². The lowest BCUT2D eigenvalue weighted by Crippen LogP contribution is -2.52. The van der Waals surface area contributed by atoms with Crippen molar-refractivity contribution >= 4 is 10.0 Å². The summed E-state index contributed by atoms with van der Waals surface area (Å²) in [4.78, 5) is 2.43. The first kappa shape index (κ1) is 18.9. The van der Waals surface area contributed by atoms with E-state index in [1.165, 1.54) is 6.26 Å². The third-order valence-electron chi connectivity index (χ3n) is 4.79. The largest absolute Gasteiger partial charge is 0.316 e. The molecule has 1 aliphatic heterocycles. The van der Waals surface area contributed by atoms with Gasteiger partial charge in [-0.1, -0.05) is 20.8 Å². The molecule has 1 saturated heterocycles. The maximum Gasteiger partial charge on any atom is 0.211 e. The van der Waals surface area contributed by atoms with Crippen LogP contribution in [0.4, 0.5) is 0 Å². The number of nitrogens with one attached hydrogen (secondary N) is 1. The van der Waals surface area contributed by atoms with Gasteiger partial charge in [-0.15, -0.1) is 0 Å². The van der Waals surface area contributed by atoms with Crippen molar-refractivity contribution in [1.82, 2.24) is 14.5 Å². The van der Waals surface area contributed by atoms with E-state index >= 15 is 0 Å². The Balaban J connectivity index is 2.53. The smallest absolute Gasteiger partial charge is 0.211 e. The molecule has 0 amide bonds. The number of hydrogen-bond acceptors (Lipinski definition) is 4. The molecule has 0 unspecified atom stereocenters. The summed E-state index contributed by atoms with van der Waals surface area (Å²) in [5.41, 5.74) is 0.308. The summed E-state index contributed by atoms with van der Waals surface area (Å²) < 4.78 is 24.7. The van der Waals surface area contributed by atoms with E-state index in [9.17, 15) is 8.42 Å². The van der Waals surface area contributed by atoms with Crippen molar-refractivity contribution in [3.05, 3.63) is 0 Å². The SMILES string of the molecule is CCCNCC(CC)(CC)CN1CCN(S(C)(=O)=O)CC1. The van der Waals surface area contributed by atoms with E-state index in [2.05, 4.69) is 31.0 Å². The minimum atomic E-state index is -3.03. The van der Waals surface area contributed by atoms with Crippen molar-refractivity contribution in [3.8, 4) is 0 Å². The molecule has 0 aliphatic carbocycles. The summed E-state index contributed by atoms with van der Waals surface area (Å²) >= 11 is 0. The molecule has 1 aliphatic rings. The maximum absolute atomic E-state index is 11.6. The lowest BCUT2D eigenvalue weighted by atomic mass is 9.81. The van der Waals surface area contributed by atoms with Crippen LogP contribution in [0.15, 0.2) is 0 Å². The second-order valence-corrected chi connectivity index (χ2v) is 8.30. The first-order valence-electron chi connectivity index (χ1n) is 8.25. The lowest BCUT2D eigenvalue weighted by Gasteiger charge is -2.41. The molecular weight excluding hydrogens is 286 g/mol. The van der Waals surface area contributed by atoms with Gasteiger partial charge in [0.05, 0.1) is 6.26 Å². The summed E-state index contributed by atoms with van der Waals surface area (Å²) in [6.45, 7) is 12.9. The number of nitrogens with zero attached hydrogens (tertiary/aromatic N) is 2. The topological polar surface area (TPSA) is 52.6 Å². The van der Waals surface area contributed by atoms with E-state index < -0.39 is 10.0 Å². The van der Waals surface area contributed by atoms with Gasteiger partial charge in [-0.25, -0.2) is 8.42 Å². The predicted octanol–water partition coefficient (Wildman–Crippen LogP) is 1.37. The number of sulfonamides is 1. The minimum absolute atomic E-state index is 0.308. The molecule has 0 spiro atoms. The summed E-state index contributed by atoms with van der Waals surface area (Å²) in [6.07, 6.45) is 4.79. The summed E-state index contributed by atoms with van der Waals surface area (Å²) in [5, 5.41) is 3.57. The van der Waals surface area contributed by atoms with Crippen LogP contribution in [0, 0.1) is 5.41 Å². The number of piperazine rings is 1. The van der Waals surface area contributed by atoms with Gasteiger partial charge in [-0.05, 0) is 31.2 Å². The van der Waals surface area contributed by atoms with Crippen LogP contribution in [0.5, 0.6) is 0 Å². The Morgan fingerprint density at radius 3 is 2.05 bits per heavy atom. The van der Waals surface area contributed by atoms with Crippen molar-refractivity contribution < 1.29 is 8.42 Å². The van der Waals surface area contributed by atoms with E-state index in [1.54, 1.807) is 4.31 Å². The van der Waals surface area contributed by atoms with Gasteiger partial charge in [-0.2, -0.15) is 4.31 Å². The molecule has 0 saturated carbocycles. The van der Waals surface area contributed by atoms with E-state index in [-0.39, 0.29) is 0 Å². The molecule has 1 heterocycles. The van der Waals surface area contributed by atoms with Crippen LogP contribution < -0.4 is 5.32 Å². The molecule has 0 aromatic heterocycles. The molecule has 6 heteroatoms. The van der Waals surface area contributed by atoms with Crippen molar-refractivity contribution in [2.45, 2.75) is 40.0 Å². The highest BCUT2D eigenvalue weighted by Crippen LogP contribution is 2.27. The Kier molecular flexibility index (Phi) is 7.60. The zero-order valence-corrected chi connectivity index (χ0v) is 15.0. The van der Waals surface area contributed by atoms with Crippen LogP contribution >= 0.6 is 0 Å². The standard InChI is InChI=1S/C15H33N3O2S/c1-5-8-16-13-15(6-2,7-3)14-17-9-11-18(12-10-17)21(4,19)20/h16H,5-14H2,1-4H3.